The lowest BCUT2D eigenvalue weighted by Gasteiger charge is -2.13. The van der Waals surface area contributed by atoms with E-state index in [9.17, 15) is 4.79 Å². The van der Waals surface area contributed by atoms with E-state index in [0.29, 0.717) is 28.8 Å². The van der Waals surface area contributed by atoms with Gasteiger partial charge in [0, 0.05) is 12.5 Å². The number of rotatable bonds is 6. The minimum Gasteiger partial charge on any atom is -0.495 e. The summed E-state index contributed by atoms with van der Waals surface area (Å²) in [5.74, 6) is 0.782. The quantitative estimate of drug-likeness (QED) is 0.882. The average molecular weight is 311 g/mol. The predicted molar refractivity (Wildman–Crippen MR) is 77.8 cm³/mol. The Hall–Kier alpha value is -2.28. The fourth-order valence-corrected chi connectivity index (χ4v) is 1.98. The molecule has 0 unspecified atom stereocenters. The zero-order chi connectivity index (χ0) is 15.2. The second-order valence-electron chi connectivity index (χ2n) is 4.14. The van der Waals surface area contributed by atoms with Crippen LogP contribution in [0.1, 0.15) is 6.42 Å². The number of benzene rings is 1. The van der Waals surface area contributed by atoms with Crippen molar-refractivity contribution < 1.29 is 14.3 Å². The summed E-state index contributed by atoms with van der Waals surface area (Å²) in [4.78, 5) is 15.8. The number of methoxy groups -OCH3 is 2. The van der Waals surface area contributed by atoms with Gasteiger partial charge in [0.1, 0.15) is 24.2 Å². The molecule has 1 amide bonds. The number of anilines is 1. The first-order valence-corrected chi connectivity index (χ1v) is 6.55. The Morgan fingerprint density at radius 1 is 1.33 bits per heavy atom. The lowest BCUT2D eigenvalue weighted by Crippen LogP contribution is -2.15. The fraction of sp³-hybridized carbons (Fsp3) is 0.308. The molecule has 1 aromatic carbocycles. The molecule has 0 spiro atoms. The van der Waals surface area contributed by atoms with E-state index in [1.807, 2.05) is 0 Å². The number of halogens is 1. The van der Waals surface area contributed by atoms with Gasteiger partial charge in [-0.3, -0.25) is 9.48 Å². The van der Waals surface area contributed by atoms with E-state index < -0.39 is 0 Å². The van der Waals surface area contributed by atoms with Gasteiger partial charge in [-0.05, 0) is 6.07 Å². The Morgan fingerprint density at radius 3 is 2.71 bits per heavy atom. The summed E-state index contributed by atoms with van der Waals surface area (Å²) in [6.45, 7) is 0.442. The van der Waals surface area contributed by atoms with Crippen LogP contribution in [0.15, 0.2) is 24.8 Å². The minimum atomic E-state index is -0.176. The van der Waals surface area contributed by atoms with Gasteiger partial charge in [0.15, 0.2) is 0 Å². The molecule has 2 aromatic rings. The first-order chi connectivity index (χ1) is 10.1. The molecule has 2 rings (SSSR count). The Kier molecular flexibility index (Phi) is 4.99. The molecule has 7 nitrogen and oxygen atoms in total. The van der Waals surface area contributed by atoms with Crippen molar-refractivity contribution in [2.45, 2.75) is 13.0 Å². The number of aromatic nitrogens is 3. The van der Waals surface area contributed by atoms with Crippen molar-refractivity contribution in [1.29, 1.82) is 0 Å². The molecular weight excluding hydrogens is 296 g/mol. The van der Waals surface area contributed by atoms with Crippen LogP contribution in [-0.2, 0) is 11.3 Å². The number of nitrogens with one attached hydrogen (secondary N) is 1. The van der Waals surface area contributed by atoms with Gasteiger partial charge in [0.25, 0.3) is 0 Å². The monoisotopic (exact) mass is 310 g/mol. The number of carbonyl (C=O) groups is 1. The van der Waals surface area contributed by atoms with Gasteiger partial charge in [-0.1, -0.05) is 11.6 Å². The van der Waals surface area contributed by atoms with Crippen LogP contribution in [0.3, 0.4) is 0 Å². The Morgan fingerprint density at radius 2 is 2.10 bits per heavy atom. The van der Waals surface area contributed by atoms with Crippen molar-refractivity contribution in [2.24, 2.45) is 0 Å². The second-order valence-corrected chi connectivity index (χ2v) is 4.55. The van der Waals surface area contributed by atoms with Gasteiger partial charge >= 0.3 is 0 Å². The van der Waals surface area contributed by atoms with Crippen molar-refractivity contribution in [3.63, 3.8) is 0 Å². The molecule has 21 heavy (non-hydrogen) atoms. The number of hydrogen-bond acceptors (Lipinski definition) is 5. The Bertz CT molecular complexity index is 616. The highest BCUT2D eigenvalue weighted by molar-refractivity contribution is 6.32. The molecule has 0 bridgehead atoms. The summed E-state index contributed by atoms with van der Waals surface area (Å²) < 4.78 is 11.9. The van der Waals surface area contributed by atoms with Gasteiger partial charge in [0.05, 0.1) is 31.5 Å². The Labute approximate surface area is 126 Å². The van der Waals surface area contributed by atoms with Crippen LogP contribution >= 0.6 is 11.6 Å². The van der Waals surface area contributed by atoms with Gasteiger partial charge in [-0.15, -0.1) is 0 Å². The summed E-state index contributed by atoms with van der Waals surface area (Å²) in [6.07, 6.45) is 3.23. The molecule has 1 aromatic heterocycles. The zero-order valence-electron chi connectivity index (χ0n) is 11.7. The molecule has 0 atom stereocenters. The molecule has 0 aliphatic rings. The number of hydrogen-bond donors (Lipinski definition) is 1. The molecule has 1 N–H and O–H groups in total. The van der Waals surface area contributed by atoms with E-state index in [0.717, 1.165) is 0 Å². The summed E-state index contributed by atoms with van der Waals surface area (Å²) >= 11 is 6.05. The summed E-state index contributed by atoms with van der Waals surface area (Å²) in [5, 5.41) is 7.07. The van der Waals surface area contributed by atoms with E-state index in [2.05, 4.69) is 15.4 Å². The lowest BCUT2D eigenvalue weighted by molar-refractivity contribution is -0.116. The van der Waals surface area contributed by atoms with E-state index in [1.165, 1.54) is 20.5 Å². The maximum atomic E-state index is 11.9. The SMILES string of the molecule is COc1cc(OC)c(NC(=O)CCn2cncn2)cc1Cl. The van der Waals surface area contributed by atoms with Crippen LogP contribution in [0, 0.1) is 0 Å². The number of ether oxygens (including phenoxy) is 2. The second kappa shape index (κ2) is 6.94. The van der Waals surface area contributed by atoms with Crippen LogP contribution in [0.4, 0.5) is 5.69 Å². The third-order valence-electron chi connectivity index (χ3n) is 2.78. The van der Waals surface area contributed by atoms with E-state index in [-0.39, 0.29) is 12.3 Å². The van der Waals surface area contributed by atoms with Crippen LogP contribution in [-0.4, -0.2) is 34.9 Å². The Balaban J connectivity index is 2.04. The molecule has 0 fully saturated rings. The molecular formula is C13H15ClN4O3. The standard InChI is InChI=1S/C13H15ClN4O3/c1-20-11-6-12(21-2)10(5-9(11)14)17-13(19)3-4-18-8-15-7-16-18/h5-8H,3-4H2,1-2H3,(H,17,19). The first-order valence-electron chi connectivity index (χ1n) is 6.18. The number of nitrogens with zero attached hydrogens (tertiary/aromatic N) is 3. The summed E-state index contributed by atoms with van der Waals surface area (Å²) in [6, 6.07) is 3.21. The topological polar surface area (TPSA) is 78.3 Å². The van der Waals surface area contributed by atoms with Gasteiger partial charge in [-0.2, -0.15) is 5.10 Å². The normalized spacial score (nSPS) is 10.2. The highest BCUT2D eigenvalue weighted by Gasteiger charge is 2.12. The first kappa shape index (κ1) is 15.1. The molecule has 1 heterocycles. The smallest absolute Gasteiger partial charge is 0.226 e. The largest absolute Gasteiger partial charge is 0.495 e. The zero-order valence-corrected chi connectivity index (χ0v) is 12.4. The van der Waals surface area contributed by atoms with Crippen molar-refractivity contribution in [2.75, 3.05) is 19.5 Å². The number of aryl methyl sites for hydroxylation is 1. The average Bonchev–Trinajstić information content (AvgIpc) is 2.99. The minimum absolute atomic E-state index is 0.176. The van der Waals surface area contributed by atoms with Crippen LogP contribution in [0.5, 0.6) is 11.5 Å². The fourth-order valence-electron chi connectivity index (χ4n) is 1.73. The third-order valence-corrected chi connectivity index (χ3v) is 3.08. The lowest BCUT2D eigenvalue weighted by atomic mass is 10.2. The van der Waals surface area contributed by atoms with Gasteiger partial charge in [-0.25, -0.2) is 4.98 Å². The molecule has 0 radical (unpaired) electrons. The number of amides is 1. The third kappa shape index (κ3) is 3.85. The highest BCUT2D eigenvalue weighted by atomic mass is 35.5. The number of carbonyl (C=O) groups excluding carboxylic acids is 1. The van der Waals surface area contributed by atoms with Crippen LogP contribution in [0.25, 0.3) is 0 Å². The van der Waals surface area contributed by atoms with Crippen molar-refractivity contribution in [1.82, 2.24) is 14.8 Å². The molecule has 0 saturated carbocycles. The molecule has 0 aliphatic carbocycles. The van der Waals surface area contributed by atoms with Crippen molar-refractivity contribution >= 4 is 23.2 Å². The molecule has 8 heteroatoms. The van der Waals surface area contributed by atoms with Crippen molar-refractivity contribution in [3.8, 4) is 11.5 Å². The van der Waals surface area contributed by atoms with Gasteiger partial charge < -0.3 is 14.8 Å². The predicted octanol–water partition coefficient (Wildman–Crippen LogP) is 1.98. The summed E-state index contributed by atoms with van der Waals surface area (Å²) in [5.41, 5.74) is 0.492. The molecule has 0 aliphatic heterocycles. The maximum absolute atomic E-state index is 11.9. The van der Waals surface area contributed by atoms with Crippen LogP contribution < -0.4 is 14.8 Å². The van der Waals surface area contributed by atoms with E-state index in [4.69, 9.17) is 21.1 Å². The summed E-state index contributed by atoms with van der Waals surface area (Å²) in [7, 11) is 3.02. The van der Waals surface area contributed by atoms with E-state index >= 15 is 0 Å². The highest BCUT2D eigenvalue weighted by Crippen LogP contribution is 2.35. The molecule has 112 valence electrons. The van der Waals surface area contributed by atoms with Crippen molar-refractivity contribution in [3.05, 3.63) is 29.8 Å². The maximum Gasteiger partial charge on any atom is 0.226 e. The van der Waals surface area contributed by atoms with Gasteiger partial charge in [0.2, 0.25) is 5.91 Å². The van der Waals surface area contributed by atoms with E-state index in [1.54, 1.807) is 23.1 Å². The molecule has 0 saturated heterocycles. The van der Waals surface area contributed by atoms with Crippen LogP contribution in [0.2, 0.25) is 5.02 Å².